The molecule has 1 rings (SSSR count). The predicted molar refractivity (Wildman–Crippen MR) is 61.5 cm³/mol. The summed E-state index contributed by atoms with van der Waals surface area (Å²) in [7, 11) is 0. The fourth-order valence-electron chi connectivity index (χ4n) is 1.03. The molecule has 2 N–H and O–H groups in total. The summed E-state index contributed by atoms with van der Waals surface area (Å²) < 4.78 is 0. The predicted octanol–water partition coefficient (Wildman–Crippen LogP) is 1.07. The van der Waals surface area contributed by atoms with E-state index in [2.05, 4.69) is 22.1 Å². The molecule has 0 saturated carbocycles. The number of nitrogens with zero attached hydrogens (tertiary/aromatic N) is 1. The average molecular weight is 239 g/mol. The Labute approximate surface area is 98.6 Å². The zero-order chi connectivity index (χ0) is 12.0. The van der Waals surface area contributed by atoms with Gasteiger partial charge in [-0.25, -0.2) is 4.98 Å². The first kappa shape index (κ1) is 12.3. The average Bonchev–Trinajstić information content (AvgIpc) is 2.28. The lowest BCUT2D eigenvalue weighted by Gasteiger charge is -2.04. The molecule has 16 heavy (non-hydrogen) atoms. The number of nitrogens with one attached hydrogen (secondary N) is 1. The van der Waals surface area contributed by atoms with Crippen molar-refractivity contribution in [3.05, 3.63) is 23.5 Å². The maximum atomic E-state index is 11.5. The number of rotatable bonds is 2. The van der Waals surface area contributed by atoms with Crippen LogP contribution in [0, 0.1) is 18.8 Å². The molecule has 0 spiro atoms. The van der Waals surface area contributed by atoms with Gasteiger partial charge in [0.1, 0.15) is 5.75 Å². The Hall–Kier alpha value is -1.73. The lowest BCUT2D eigenvalue weighted by Crippen LogP contribution is -2.24. The summed E-state index contributed by atoms with van der Waals surface area (Å²) in [5.41, 5.74) is 0.611. The highest BCUT2D eigenvalue weighted by molar-refractivity contribution is 6.19. The van der Waals surface area contributed by atoms with Crippen LogP contribution in [0.15, 0.2) is 12.3 Å². The number of alkyl halides is 1. The van der Waals surface area contributed by atoms with Gasteiger partial charge in [0.25, 0.3) is 5.91 Å². The lowest BCUT2D eigenvalue weighted by molar-refractivity contribution is 0.0950. The van der Waals surface area contributed by atoms with Gasteiger partial charge in [-0.1, -0.05) is 11.8 Å². The number of halogens is 1. The molecule has 0 fully saturated rings. The smallest absolute Gasteiger partial charge is 0.274 e. The number of carbonyl (C=O) groups excluding carboxylic acids is 1. The zero-order valence-corrected chi connectivity index (χ0v) is 9.51. The minimum absolute atomic E-state index is 0.00711. The highest BCUT2D eigenvalue weighted by Gasteiger charge is 2.12. The third kappa shape index (κ3) is 3.14. The SMILES string of the molecule is Cc1ccnc(C(=O)NCC#CCCl)c1O. The molecule has 4 nitrogen and oxygen atoms in total. The van der Waals surface area contributed by atoms with E-state index in [1.54, 1.807) is 13.0 Å². The molecule has 1 aromatic heterocycles. The van der Waals surface area contributed by atoms with E-state index in [0.29, 0.717) is 5.56 Å². The molecule has 0 aliphatic heterocycles. The van der Waals surface area contributed by atoms with Crippen molar-refractivity contribution in [3.63, 3.8) is 0 Å². The van der Waals surface area contributed by atoms with Crippen LogP contribution in [-0.2, 0) is 0 Å². The maximum absolute atomic E-state index is 11.5. The Morgan fingerprint density at radius 3 is 3.06 bits per heavy atom. The highest BCUT2D eigenvalue weighted by atomic mass is 35.5. The molecule has 0 bridgehead atoms. The maximum Gasteiger partial charge on any atom is 0.274 e. The number of hydrogen-bond acceptors (Lipinski definition) is 3. The Morgan fingerprint density at radius 1 is 1.62 bits per heavy atom. The third-order valence-electron chi connectivity index (χ3n) is 1.87. The van der Waals surface area contributed by atoms with Gasteiger partial charge in [0.15, 0.2) is 5.69 Å². The van der Waals surface area contributed by atoms with Crippen LogP contribution in [0.25, 0.3) is 0 Å². The van der Waals surface area contributed by atoms with E-state index in [9.17, 15) is 9.90 Å². The van der Waals surface area contributed by atoms with Gasteiger partial charge in [0.05, 0.1) is 12.4 Å². The van der Waals surface area contributed by atoms with E-state index in [1.165, 1.54) is 6.20 Å². The van der Waals surface area contributed by atoms with E-state index in [-0.39, 0.29) is 23.9 Å². The van der Waals surface area contributed by atoms with E-state index < -0.39 is 5.91 Å². The number of pyridine rings is 1. The number of aryl methyl sites for hydroxylation is 1. The second kappa shape index (κ2) is 5.99. The van der Waals surface area contributed by atoms with Gasteiger partial charge in [-0.2, -0.15) is 0 Å². The number of amides is 1. The van der Waals surface area contributed by atoms with Crippen molar-refractivity contribution in [1.82, 2.24) is 10.3 Å². The van der Waals surface area contributed by atoms with Gasteiger partial charge in [-0.05, 0) is 18.6 Å². The van der Waals surface area contributed by atoms with E-state index in [0.717, 1.165) is 0 Å². The Morgan fingerprint density at radius 2 is 2.38 bits per heavy atom. The first-order chi connectivity index (χ1) is 7.66. The molecule has 84 valence electrons. The van der Waals surface area contributed by atoms with E-state index in [1.807, 2.05) is 0 Å². The van der Waals surface area contributed by atoms with Gasteiger partial charge in [-0.3, -0.25) is 4.79 Å². The molecule has 0 unspecified atom stereocenters. The molecular formula is C11H11ClN2O2. The van der Waals surface area contributed by atoms with E-state index in [4.69, 9.17) is 11.6 Å². The molecule has 1 heterocycles. The number of carbonyl (C=O) groups is 1. The second-order valence-corrected chi connectivity index (χ2v) is 3.26. The molecule has 1 aromatic rings. The summed E-state index contributed by atoms with van der Waals surface area (Å²) in [4.78, 5) is 15.3. The zero-order valence-electron chi connectivity index (χ0n) is 8.75. The molecule has 1 amide bonds. The Balaban J connectivity index is 2.70. The third-order valence-corrected chi connectivity index (χ3v) is 2.00. The van der Waals surface area contributed by atoms with Gasteiger partial charge in [0, 0.05) is 6.20 Å². The summed E-state index contributed by atoms with van der Waals surface area (Å²) in [5.74, 6) is 4.91. The Kier molecular flexibility index (Phi) is 4.62. The fraction of sp³-hybridized carbons (Fsp3) is 0.273. The van der Waals surface area contributed by atoms with Crippen LogP contribution in [0.3, 0.4) is 0 Å². The van der Waals surface area contributed by atoms with Crippen molar-refractivity contribution in [3.8, 4) is 17.6 Å². The van der Waals surface area contributed by atoms with Crippen molar-refractivity contribution in [2.75, 3.05) is 12.4 Å². The summed E-state index contributed by atoms with van der Waals surface area (Å²) >= 11 is 5.34. The molecule has 0 aromatic carbocycles. The van der Waals surface area contributed by atoms with Crippen LogP contribution in [0.2, 0.25) is 0 Å². The van der Waals surface area contributed by atoms with Crippen molar-refractivity contribution in [2.24, 2.45) is 0 Å². The molecule has 5 heteroatoms. The van der Waals surface area contributed by atoms with Crippen LogP contribution in [-0.4, -0.2) is 28.4 Å². The van der Waals surface area contributed by atoms with Crippen molar-refractivity contribution in [2.45, 2.75) is 6.92 Å². The Bertz CT molecular complexity index is 449. The van der Waals surface area contributed by atoms with E-state index >= 15 is 0 Å². The fourth-order valence-corrected chi connectivity index (χ4v) is 1.13. The van der Waals surface area contributed by atoms with Crippen LogP contribution in [0.1, 0.15) is 16.1 Å². The molecule has 0 saturated heterocycles. The normalized spacial score (nSPS) is 9.12. The second-order valence-electron chi connectivity index (χ2n) is 2.99. The quantitative estimate of drug-likeness (QED) is 0.599. The van der Waals surface area contributed by atoms with Crippen LogP contribution < -0.4 is 5.32 Å². The van der Waals surface area contributed by atoms with Gasteiger partial charge in [-0.15, -0.1) is 11.6 Å². The molecule has 0 radical (unpaired) electrons. The van der Waals surface area contributed by atoms with Crippen molar-refractivity contribution < 1.29 is 9.90 Å². The van der Waals surface area contributed by atoms with Crippen molar-refractivity contribution in [1.29, 1.82) is 0 Å². The summed E-state index contributed by atoms with van der Waals surface area (Å²) in [6, 6.07) is 1.62. The summed E-state index contributed by atoms with van der Waals surface area (Å²) in [6.45, 7) is 1.88. The molecule has 0 atom stereocenters. The summed E-state index contributed by atoms with van der Waals surface area (Å²) in [6.07, 6.45) is 1.47. The molecular weight excluding hydrogens is 228 g/mol. The minimum Gasteiger partial charge on any atom is -0.505 e. The number of hydrogen-bond donors (Lipinski definition) is 2. The summed E-state index contributed by atoms with van der Waals surface area (Å²) in [5, 5.41) is 12.1. The molecule has 0 aliphatic rings. The van der Waals surface area contributed by atoms with Crippen LogP contribution in [0.5, 0.6) is 5.75 Å². The topological polar surface area (TPSA) is 62.2 Å². The first-order valence-corrected chi connectivity index (χ1v) is 5.14. The van der Waals surface area contributed by atoms with Crippen LogP contribution >= 0.6 is 11.6 Å². The highest BCUT2D eigenvalue weighted by Crippen LogP contribution is 2.18. The van der Waals surface area contributed by atoms with Gasteiger partial charge >= 0.3 is 0 Å². The monoisotopic (exact) mass is 238 g/mol. The number of aromatic hydroxyl groups is 1. The number of aromatic nitrogens is 1. The lowest BCUT2D eigenvalue weighted by atomic mass is 10.2. The minimum atomic E-state index is -0.454. The molecule has 0 aliphatic carbocycles. The van der Waals surface area contributed by atoms with Gasteiger partial charge < -0.3 is 10.4 Å². The van der Waals surface area contributed by atoms with Crippen LogP contribution in [0.4, 0.5) is 0 Å². The standard InChI is InChI=1S/C11H11ClN2O2/c1-8-4-7-13-9(10(8)15)11(16)14-6-3-2-5-12/h4,7,15H,5-6H2,1H3,(H,14,16). The van der Waals surface area contributed by atoms with Crippen molar-refractivity contribution >= 4 is 17.5 Å². The van der Waals surface area contributed by atoms with Gasteiger partial charge in [0.2, 0.25) is 0 Å². The first-order valence-electron chi connectivity index (χ1n) is 4.61. The largest absolute Gasteiger partial charge is 0.505 e.